The highest BCUT2D eigenvalue weighted by Crippen LogP contribution is 2.32. The first kappa shape index (κ1) is 11.6. The highest BCUT2D eigenvalue weighted by atomic mass is 16.7. The van der Waals surface area contributed by atoms with Gasteiger partial charge in [-0.15, -0.1) is 0 Å². The molecule has 0 unspecified atom stereocenters. The fraction of sp³-hybridized carbons (Fsp3) is 0.571. The Balaban J connectivity index is 2.17. The Morgan fingerprint density at radius 3 is 2.38 bits per heavy atom. The largest absolute Gasteiger partial charge is 0.348 e. The molecular formula is C14H20O2. The van der Waals surface area contributed by atoms with E-state index in [9.17, 15) is 0 Å². The maximum atomic E-state index is 5.79. The molecule has 2 nitrogen and oxygen atoms in total. The summed E-state index contributed by atoms with van der Waals surface area (Å²) in [5, 5.41) is 0. The molecule has 0 aliphatic carbocycles. The molecule has 0 atom stereocenters. The van der Waals surface area contributed by atoms with E-state index in [-0.39, 0.29) is 11.7 Å². The van der Waals surface area contributed by atoms with Gasteiger partial charge in [-0.05, 0) is 19.4 Å². The second kappa shape index (κ2) is 4.19. The van der Waals surface area contributed by atoms with Gasteiger partial charge in [-0.3, -0.25) is 0 Å². The van der Waals surface area contributed by atoms with Crippen molar-refractivity contribution in [2.45, 2.75) is 34.0 Å². The van der Waals surface area contributed by atoms with Gasteiger partial charge in [-0.1, -0.05) is 37.6 Å². The third-order valence-electron chi connectivity index (χ3n) is 2.94. The van der Waals surface area contributed by atoms with E-state index in [1.807, 2.05) is 0 Å². The van der Waals surface area contributed by atoms with Crippen molar-refractivity contribution in [2.75, 3.05) is 13.2 Å². The molecule has 0 bridgehead atoms. The van der Waals surface area contributed by atoms with Crippen LogP contribution < -0.4 is 0 Å². The number of benzene rings is 1. The number of hydrogen-bond acceptors (Lipinski definition) is 2. The van der Waals surface area contributed by atoms with Crippen LogP contribution in [0.15, 0.2) is 18.2 Å². The summed E-state index contributed by atoms with van der Waals surface area (Å²) in [5.41, 5.74) is 3.78. The van der Waals surface area contributed by atoms with Crippen LogP contribution in [-0.2, 0) is 9.47 Å². The van der Waals surface area contributed by atoms with Crippen molar-refractivity contribution in [3.63, 3.8) is 0 Å². The summed E-state index contributed by atoms with van der Waals surface area (Å²) in [7, 11) is 0. The van der Waals surface area contributed by atoms with Gasteiger partial charge >= 0.3 is 0 Å². The Labute approximate surface area is 97.6 Å². The predicted octanol–water partition coefficient (Wildman–Crippen LogP) is 3.38. The van der Waals surface area contributed by atoms with Gasteiger partial charge in [0.25, 0.3) is 0 Å². The maximum Gasteiger partial charge on any atom is 0.184 e. The van der Waals surface area contributed by atoms with E-state index in [4.69, 9.17) is 9.47 Å². The fourth-order valence-electron chi connectivity index (χ4n) is 1.89. The Hall–Kier alpha value is -0.860. The molecule has 1 heterocycles. The Morgan fingerprint density at radius 2 is 1.75 bits per heavy atom. The molecule has 0 N–H and O–H groups in total. The summed E-state index contributed by atoms with van der Waals surface area (Å²) in [5.74, 6) is 0. The van der Waals surface area contributed by atoms with Gasteiger partial charge in [0.2, 0.25) is 0 Å². The molecule has 0 saturated carbocycles. The molecule has 1 aliphatic rings. The molecule has 1 aromatic carbocycles. The van der Waals surface area contributed by atoms with Crippen LogP contribution in [0, 0.1) is 19.3 Å². The molecule has 88 valence electrons. The zero-order chi connectivity index (χ0) is 11.8. The van der Waals surface area contributed by atoms with Gasteiger partial charge in [0, 0.05) is 11.0 Å². The lowest BCUT2D eigenvalue weighted by Crippen LogP contribution is -2.34. The van der Waals surface area contributed by atoms with E-state index in [0.717, 1.165) is 18.8 Å². The molecule has 0 radical (unpaired) electrons. The van der Waals surface area contributed by atoms with E-state index < -0.39 is 0 Å². The van der Waals surface area contributed by atoms with Crippen LogP contribution in [0.4, 0.5) is 0 Å². The summed E-state index contributed by atoms with van der Waals surface area (Å²) >= 11 is 0. The zero-order valence-corrected chi connectivity index (χ0v) is 10.5. The van der Waals surface area contributed by atoms with Gasteiger partial charge < -0.3 is 9.47 Å². The Morgan fingerprint density at radius 1 is 1.12 bits per heavy atom. The molecule has 2 rings (SSSR count). The van der Waals surface area contributed by atoms with Gasteiger partial charge in [0.15, 0.2) is 6.29 Å². The normalized spacial score (nSPS) is 21.0. The van der Waals surface area contributed by atoms with Crippen LogP contribution in [0.25, 0.3) is 0 Å². The van der Waals surface area contributed by atoms with Crippen molar-refractivity contribution in [2.24, 2.45) is 5.41 Å². The van der Waals surface area contributed by atoms with E-state index in [2.05, 4.69) is 45.9 Å². The van der Waals surface area contributed by atoms with Crippen LogP contribution in [0.3, 0.4) is 0 Å². The summed E-state index contributed by atoms with van der Waals surface area (Å²) in [6.07, 6.45) is -0.187. The Kier molecular flexibility index (Phi) is 3.04. The highest BCUT2D eigenvalue weighted by Gasteiger charge is 2.29. The topological polar surface area (TPSA) is 18.5 Å². The SMILES string of the molecule is Cc1ccc(C)c(C2OCC(C)(C)CO2)c1. The maximum absolute atomic E-state index is 5.79. The molecule has 1 aromatic rings. The lowest BCUT2D eigenvalue weighted by Gasteiger charge is -2.35. The van der Waals surface area contributed by atoms with Crippen LogP contribution in [0.5, 0.6) is 0 Å². The van der Waals surface area contributed by atoms with E-state index in [1.54, 1.807) is 0 Å². The number of ether oxygens (including phenoxy) is 2. The number of hydrogen-bond donors (Lipinski definition) is 0. The minimum atomic E-state index is -0.187. The average molecular weight is 220 g/mol. The predicted molar refractivity (Wildman–Crippen MR) is 64.3 cm³/mol. The van der Waals surface area contributed by atoms with Gasteiger partial charge in [0.05, 0.1) is 13.2 Å². The zero-order valence-electron chi connectivity index (χ0n) is 10.5. The molecule has 0 spiro atoms. The first-order valence-electron chi connectivity index (χ1n) is 5.78. The molecule has 1 saturated heterocycles. The van der Waals surface area contributed by atoms with Crippen LogP contribution in [0.1, 0.15) is 36.8 Å². The van der Waals surface area contributed by atoms with Crippen molar-refractivity contribution >= 4 is 0 Å². The Bertz CT molecular complexity index is 372. The number of aryl methyl sites for hydroxylation is 2. The molecule has 1 aliphatic heterocycles. The van der Waals surface area contributed by atoms with Crippen LogP contribution >= 0.6 is 0 Å². The molecule has 0 amide bonds. The third kappa shape index (κ3) is 2.45. The second-order valence-corrected chi connectivity index (χ2v) is 5.48. The third-order valence-corrected chi connectivity index (χ3v) is 2.94. The highest BCUT2D eigenvalue weighted by molar-refractivity contribution is 5.31. The quantitative estimate of drug-likeness (QED) is 0.722. The van der Waals surface area contributed by atoms with Gasteiger partial charge in [-0.25, -0.2) is 0 Å². The smallest absolute Gasteiger partial charge is 0.184 e. The summed E-state index contributed by atoms with van der Waals surface area (Å²) in [6, 6.07) is 6.39. The van der Waals surface area contributed by atoms with Crippen molar-refractivity contribution in [1.29, 1.82) is 0 Å². The monoisotopic (exact) mass is 220 g/mol. The van der Waals surface area contributed by atoms with Crippen molar-refractivity contribution in [1.82, 2.24) is 0 Å². The summed E-state index contributed by atoms with van der Waals surface area (Å²) in [6.45, 7) is 10.0. The van der Waals surface area contributed by atoms with E-state index in [0.29, 0.717) is 0 Å². The average Bonchev–Trinajstić information content (AvgIpc) is 2.22. The molecule has 1 fully saturated rings. The van der Waals surface area contributed by atoms with Crippen molar-refractivity contribution in [3.8, 4) is 0 Å². The van der Waals surface area contributed by atoms with E-state index >= 15 is 0 Å². The van der Waals surface area contributed by atoms with Crippen molar-refractivity contribution < 1.29 is 9.47 Å². The van der Waals surface area contributed by atoms with Gasteiger partial charge in [0.1, 0.15) is 0 Å². The van der Waals surface area contributed by atoms with Crippen LogP contribution in [-0.4, -0.2) is 13.2 Å². The molecule has 0 aromatic heterocycles. The summed E-state index contributed by atoms with van der Waals surface area (Å²) < 4.78 is 11.6. The molecular weight excluding hydrogens is 200 g/mol. The second-order valence-electron chi connectivity index (χ2n) is 5.48. The van der Waals surface area contributed by atoms with Gasteiger partial charge in [-0.2, -0.15) is 0 Å². The standard InChI is InChI=1S/C14H20O2/c1-10-5-6-11(2)12(7-10)13-15-8-14(3,4)9-16-13/h5-7,13H,8-9H2,1-4H3. The fourth-order valence-corrected chi connectivity index (χ4v) is 1.89. The summed E-state index contributed by atoms with van der Waals surface area (Å²) in [4.78, 5) is 0. The lowest BCUT2D eigenvalue weighted by molar-refractivity contribution is -0.226. The lowest BCUT2D eigenvalue weighted by atomic mass is 9.95. The minimum Gasteiger partial charge on any atom is -0.348 e. The number of rotatable bonds is 1. The van der Waals surface area contributed by atoms with E-state index in [1.165, 1.54) is 11.1 Å². The minimum absolute atomic E-state index is 0.133. The molecule has 16 heavy (non-hydrogen) atoms. The van der Waals surface area contributed by atoms with Crippen molar-refractivity contribution in [3.05, 3.63) is 34.9 Å². The van der Waals surface area contributed by atoms with Crippen LogP contribution in [0.2, 0.25) is 0 Å². The first-order valence-corrected chi connectivity index (χ1v) is 5.78. The first-order chi connectivity index (χ1) is 7.48. The molecule has 2 heteroatoms.